The Morgan fingerprint density at radius 1 is 1.31 bits per heavy atom. The first-order chi connectivity index (χ1) is 7.50. The number of rotatable bonds is 5. The highest BCUT2D eigenvalue weighted by atomic mass is 16.5. The molecule has 0 N–H and O–H groups in total. The van der Waals surface area contributed by atoms with E-state index in [-0.39, 0.29) is 5.97 Å². The minimum absolute atomic E-state index is 0.280. The van der Waals surface area contributed by atoms with Crippen LogP contribution in [0, 0.1) is 11.8 Å². The van der Waals surface area contributed by atoms with Gasteiger partial charge in [0, 0.05) is 6.42 Å². The topological polar surface area (TPSA) is 39.4 Å². The molecule has 0 atom stereocenters. The van der Waals surface area contributed by atoms with Crippen LogP contribution in [0.2, 0.25) is 0 Å². The summed E-state index contributed by atoms with van der Waals surface area (Å²) in [5, 5.41) is 0. The van der Waals surface area contributed by atoms with E-state index in [1.165, 1.54) is 0 Å². The summed E-state index contributed by atoms with van der Waals surface area (Å²) in [5.41, 5.74) is 0.564. The maximum atomic E-state index is 11.7. The fourth-order valence-electron chi connectivity index (χ4n) is 1.37. The molecule has 0 bridgehead atoms. The molecule has 0 fully saturated rings. The number of furan rings is 1. The molecule has 0 aromatic carbocycles. The van der Waals surface area contributed by atoms with Crippen molar-refractivity contribution >= 4 is 5.97 Å². The van der Waals surface area contributed by atoms with E-state index in [1.54, 1.807) is 12.3 Å². The number of hydrogen-bond acceptors (Lipinski definition) is 3. The minimum Gasteiger partial charge on any atom is -0.468 e. The van der Waals surface area contributed by atoms with Crippen LogP contribution >= 0.6 is 0 Å². The van der Waals surface area contributed by atoms with E-state index in [2.05, 4.69) is 13.8 Å². The van der Waals surface area contributed by atoms with E-state index < -0.39 is 0 Å². The number of carbonyl (C=O) groups is 1. The lowest BCUT2D eigenvalue weighted by Crippen LogP contribution is -2.11. The Morgan fingerprint density at radius 3 is 2.56 bits per heavy atom. The van der Waals surface area contributed by atoms with Gasteiger partial charge in [0.25, 0.3) is 0 Å². The van der Waals surface area contributed by atoms with E-state index >= 15 is 0 Å². The van der Waals surface area contributed by atoms with Crippen LogP contribution in [0.5, 0.6) is 0 Å². The SMILES string of the molecule is CC(C)COC(=O)c1ccoc1CC(C)C. The number of carbonyl (C=O) groups excluding carboxylic acids is 1. The van der Waals surface area contributed by atoms with Crippen molar-refractivity contribution in [2.45, 2.75) is 34.1 Å². The summed E-state index contributed by atoms with van der Waals surface area (Å²) in [5.74, 6) is 1.26. The van der Waals surface area contributed by atoms with Crippen LogP contribution in [0.25, 0.3) is 0 Å². The van der Waals surface area contributed by atoms with Gasteiger partial charge in [-0.15, -0.1) is 0 Å². The molecule has 0 amide bonds. The Balaban J connectivity index is 2.64. The zero-order valence-corrected chi connectivity index (χ0v) is 10.4. The quantitative estimate of drug-likeness (QED) is 0.720. The van der Waals surface area contributed by atoms with Gasteiger partial charge >= 0.3 is 5.97 Å². The van der Waals surface area contributed by atoms with Gasteiger partial charge in [-0.3, -0.25) is 0 Å². The van der Waals surface area contributed by atoms with Gasteiger partial charge in [0.05, 0.1) is 12.9 Å². The molecule has 0 aliphatic heterocycles. The second-order valence-corrected chi connectivity index (χ2v) is 4.85. The lowest BCUT2D eigenvalue weighted by Gasteiger charge is -2.08. The fraction of sp³-hybridized carbons (Fsp3) is 0.615. The number of ether oxygens (including phenoxy) is 1. The van der Waals surface area contributed by atoms with Gasteiger partial charge in [-0.25, -0.2) is 4.79 Å². The highest BCUT2D eigenvalue weighted by Gasteiger charge is 2.17. The van der Waals surface area contributed by atoms with E-state index in [9.17, 15) is 4.79 Å². The largest absolute Gasteiger partial charge is 0.468 e. The van der Waals surface area contributed by atoms with Crippen molar-refractivity contribution in [1.82, 2.24) is 0 Å². The zero-order valence-electron chi connectivity index (χ0n) is 10.4. The van der Waals surface area contributed by atoms with Crippen LogP contribution in [0.4, 0.5) is 0 Å². The first-order valence-electron chi connectivity index (χ1n) is 5.74. The maximum Gasteiger partial charge on any atom is 0.341 e. The predicted molar refractivity (Wildman–Crippen MR) is 62.4 cm³/mol. The molecular formula is C13H20O3. The van der Waals surface area contributed by atoms with Crippen molar-refractivity contribution in [3.63, 3.8) is 0 Å². The van der Waals surface area contributed by atoms with Gasteiger partial charge < -0.3 is 9.15 Å². The maximum absolute atomic E-state index is 11.7. The minimum atomic E-state index is -0.280. The molecule has 1 rings (SSSR count). The summed E-state index contributed by atoms with van der Waals surface area (Å²) < 4.78 is 10.5. The third kappa shape index (κ3) is 3.72. The van der Waals surface area contributed by atoms with Crippen LogP contribution < -0.4 is 0 Å². The molecule has 90 valence electrons. The van der Waals surface area contributed by atoms with Gasteiger partial charge in [0.15, 0.2) is 0 Å². The molecule has 0 saturated heterocycles. The smallest absolute Gasteiger partial charge is 0.341 e. The Kier molecular flexibility index (Phi) is 4.59. The monoisotopic (exact) mass is 224 g/mol. The van der Waals surface area contributed by atoms with Gasteiger partial charge in [0.1, 0.15) is 11.3 Å². The van der Waals surface area contributed by atoms with Crippen molar-refractivity contribution in [2.24, 2.45) is 11.8 Å². The van der Waals surface area contributed by atoms with Gasteiger partial charge in [-0.1, -0.05) is 27.7 Å². The molecule has 0 radical (unpaired) electrons. The molecule has 16 heavy (non-hydrogen) atoms. The summed E-state index contributed by atoms with van der Waals surface area (Å²) in [4.78, 5) is 11.7. The predicted octanol–water partition coefficient (Wildman–Crippen LogP) is 3.29. The molecule has 0 unspecified atom stereocenters. The molecule has 3 nitrogen and oxygen atoms in total. The summed E-state index contributed by atoms with van der Waals surface area (Å²) in [6, 6.07) is 1.68. The number of hydrogen-bond donors (Lipinski definition) is 0. The zero-order chi connectivity index (χ0) is 12.1. The van der Waals surface area contributed by atoms with E-state index in [1.807, 2.05) is 13.8 Å². The third-order valence-corrected chi connectivity index (χ3v) is 2.11. The van der Waals surface area contributed by atoms with Crippen molar-refractivity contribution in [2.75, 3.05) is 6.61 Å². The first kappa shape index (κ1) is 12.8. The highest BCUT2D eigenvalue weighted by Crippen LogP contribution is 2.16. The second-order valence-electron chi connectivity index (χ2n) is 4.85. The Labute approximate surface area is 96.8 Å². The number of esters is 1. The molecule has 1 heterocycles. The van der Waals surface area contributed by atoms with Crippen LogP contribution in [-0.2, 0) is 11.2 Å². The van der Waals surface area contributed by atoms with Crippen LogP contribution in [0.15, 0.2) is 16.7 Å². The molecule has 1 aromatic rings. The Morgan fingerprint density at radius 2 is 2.00 bits per heavy atom. The van der Waals surface area contributed by atoms with Crippen LogP contribution in [-0.4, -0.2) is 12.6 Å². The van der Waals surface area contributed by atoms with E-state index in [4.69, 9.17) is 9.15 Å². The average molecular weight is 224 g/mol. The lowest BCUT2D eigenvalue weighted by molar-refractivity contribution is 0.0456. The molecule has 0 saturated carbocycles. The second kappa shape index (κ2) is 5.73. The normalized spacial score (nSPS) is 11.1. The van der Waals surface area contributed by atoms with Gasteiger partial charge in [0.2, 0.25) is 0 Å². The van der Waals surface area contributed by atoms with E-state index in [0.29, 0.717) is 24.0 Å². The Hall–Kier alpha value is -1.25. The molecule has 0 aliphatic carbocycles. The van der Waals surface area contributed by atoms with Crippen molar-refractivity contribution in [3.05, 3.63) is 23.7 Å². The average Bonchev–Trinajstić information content (AvgIpc) is 2.61. The summed E-state index contributed by atoms with van der Waals surface area (Å²) in [6.45, 7) is 8.65. The summed E-state index contributed by atoms with van der Waals surface area (Å²) in [7, 11) is 0. The standard InChI is InChI=1S/C13H20O3/c1-9(2)7-12-11(5-6-15-12)13(14)16-8-10(3)4/h5-6,9-10H,7-8H2,1-4H3. The van der Waals surface area contributed by atoms with E-state index in [0.717, 1.165) is 12.2 Å². The fourth-order valence-corrected chi connectivity index (χ4v) is 1.37. The first-order valence-corrected chi connectivity index (χ1v) is 5.74. The molecular weight excluding hydrogens is 204 g/mol. The molecule has 3 heteroatoms. The van der Waals surface area contributed by atoms with Gasteiger partial charge in [-0.05, 0) is 17.9 Å². The van der Waals surface area contributed by atoms with Crippen molar-refractivity contribution < 1.29 is 13.9 Å². The van der Waals surface area contributed by atoms with Gasteiger partial charge in [-0.2, -0.15) is 0 Å². The summed E-state index contributed by atoms with van der Waals surface area (Å²) in [6.07, 6.45) is 2.31. The lowest BCUT2D eigenvalue weighted by atomic mass is 10.1. The van der Waals surface area contributed by atoms with Crippen LogP contribution in [0.3, 0.4) is 0 Å². The molecule has 0 spiro atoms. The van der Waals surface area contributed by atoms with Crippen LogP contribution in [0.1, 0.15) is 43.8 Å². The molecule has 0 aliphatic rings. The third-order valence-electron chi connectivity index (χ3n) is 2.11. The Bertz CT molecular complexity index is 337. The van der Waals surface area contributed by atoms with Crippen molar-refractivity contribution in [1.29, 1.82) is 0 Å². The van der Waals surface area contributed by atoms with Crippen molar-refractivity contribution in [3.8, 4) is 0 Å². The molecule has 1 aromatic heterocycles. The summed E-state index contributed by atoms with van der Waals surface area (Å²) >= 11 is 0. The highest BCUT2D eigenvalue weighted by molar-refractivity contribution is 5.90.